The van der Waals surface area contributed by atoms with E-state index in [-0.39, 0.29) is 10.8 Å². The molecule has 1 aliphatic carbocycles. The second-order valence-electron chi connectivity index (χ2n) is 38.2. The third kappa shape index (κ3) is 14.3. The fourth-order valence-electron chi connectivity index (χ4n) is 22.1. The predicted octanol–water partition coefficient (Wildman–Crippen LogP) is 34.6. The third-order valence-electron chi connectivity index (χ3n) is 29.1. The summed E-state index contributed by atoms with van der Waals surface area (Å²) >= 11 is 3.75. The Morgan fingerprint density at radius 1 is 0.201 bits per heavy atom. The SMILES string of the molecule is CC1(C)c2cc(-c3cccc4c3sc3ccccc34)ccc2-c2cc3c(cc21)c1ccccc1n3-c1nc(-c2ccccc2)nc(-c2ccccc2)n1.CC1(C)c2ccccc2N(c2ccccc2)c2cc3c4ccccc4n(-c4ccc(-c5nc(-c6ccccc6)cc(-c6ccccc6)n5)cc4)c3cc21.c1ccc(-c2cc(-c3ccccc3)nc(-n3c4ccccc4c4c5sc6ccccc6c5ccc43)n2)cc1. The van der Waals surface area contributed by atoms with Gasteiger partial charge in [0, 0.05) is 134 Å². The number of anilines is 3. The standard InChI is InChI=1S/C49H36N4.C48H32N4S.C34H21N3S/c1-49(2)40-23-13-15-25-45(40)53(36-20-10-5-11-21-36)47-30-39-38-22-12-14-24-44(38)52(46(39)31-41(47)49)37-28-26-35(27-29-37)48-50-42(33-16-6-3-7-17-33)32-43(51-48)34-18-8-4-9-19-34;1-48(2)39-26-31(32-20-13-21-36-35-19-10-12-23-43(35)53-44(32)36)24-25-33(39)37-28-42-38(27-40(37)48)34-18-9-11-22-41(34)52(42)47-50-45(29-14-5-3-6-15-29)49-46(51-47)30-16-7-4-8-17-30;1-3-11-22(12-4-1)27-21-28(23-13-5-2-6-14-23)36-34(35-27)37-29-17-9-7-16-26(29)32-30(37)20-19-25-24-15-8-10-18-31(24)38-33(25)32/h3-32H,1-2H3;3-28H,1-2H3;1-21H. The quantitative estimate of drug-likeness (QED) is 0.119. The molecule has 680 valence electrons. The lowest BCUT2D eigenvalue weighted by Gasteiger charge is -2.42. The van der Waals surface area contributed by atoms with Crippen LogP contribution in [0.3, 0.4) is 0 Å². The summed E-state index contributed by atoms with van der Waals surface area (Å²) in [5.41, 5.74) is 32.2. The van der Waals surface area contributed by atoms with Gasteiger partial charge in [0.2, 0.25) is 11.9 Å². The second kappa shape index (κ2) is 34.5. The maximum absolute atomic E-state index is 5.17. The normalized spacial score (nSPS) is 12.8. The molecule has 9 heterocycles. The van der Waals surface area contributed by atoms with Crippen molar-refractivity contribution in [1.82, 2.24) is 48.6 Å². The van der Waals surface area contributed by atoms with Crippen LogP contribution in [0.5, 0.6) is 0 Å². The average Bonchev–Trinajstić information content (AvgIpc) is 1.44. The molecular weight excluding hydrogens is 1790 g/mol. The summed E-state index contributed by atoms with van der Waals surface area (Å²) < 4.78 is 12.2. The highest BCUT2D eigenvalue weighted by Gasteiger charge is 2.40. The van der Waals surface area contributed by atoms with Gasteiger partial charge in [-0.15, -0.1) is 22.7 Å². The van der Waals surface area contributed by atoms with Crippen molar-refractivity contribution >= 4 is 145 Å². The number of rotatable bonds is 12. The van der Waals surface area contributed by atoms with Crippen LogP contribution in [0.25, 0.3) is 225 Å². The highest BCUT2D eigenvalue weighted by atomic mass is 32.1. The number of para-hydroxylation sites is 5. The summed E-state index contributed by atoms with van der Waals surface area (Å²) in [6.07, 6.45) is 0. The number of aromatic nitrogens is 10. The van der Waals surface area contributed by atoms with Crippen molar-refractivity contribution < 1.29 is 0 Å². The summed E-state index contributed by atoms with van der Waals surface area (Å²) in [4.78, 5) is 38.2. The van der Waals surface area contributed by atoms with Gasteiger partial charge in [0.15, 0.2) is 17.5 Å². The van der Waals surface area contributed by atoms with E-state index in [4.69, 9.17) is 34.9 Å². The number of fused-ring (bicyclic) bond motifs is 21. The van der Waals surface area contributed by atoms with E-state index in [0.29, 0.717) is 29.4 Å². The Balaban J connectivity index is 0.000000109. The van der Waals surface area contributed by atoms with Crippen LogP contribution in [0.4, 0.5) is 17.1 Å². The van der Waals surface area contributed by atoms with Crippen LogP contribution in [0, 0.1) is 0 Å². The van der Waals surface area contributed by atoms with E-state index in [1.54, 1.807) is 0 Å². The van der Waals surface area contributed by atoms with Crippen molar-refractivity contribution in [1.29, 1.82) is 0 Å². The van der Waals surface area contributed by atoms with Crippen molar-refractivity contribution in [2.45, 2.75) is 38.5 Å². The highest BCUT2D eigenvalue weighted by molar-refractivity contribution is 7.27. The topological polar surface area (TPSA) is 108 Å². The van der Waals surface area contributed by atoms with E-state index in [9.17, 15) is 0 Å². The summed E-state index contributed by atoms with van der Waals surface area (Å²) in [6.45, 7) is 9.45. The molecule has 8 aromatic heterocycles. The molecule has 29 rings (SSSR count). The molecule has 0 saturated carbocycles. The van der Waals surface area contributed by atoms with E-state index >= 15 is 0 Å². The predicted molar refractivity (Wildman–Crippen MR) is 601 cm³/mol. The van der Waals surface area contributed by atoms with Gasteiger partial charge in [-0.05, 0) is 166 Å². The highest BCUT2D eigenvalue weighted by Crippen LogP contribution is 2.57. The summed E-state index contributed by atoms with van der Waals surface area (Å²) in [5, 5.41) is 12.6. The zero-order chi connectivity index (χ0) is 95.8. The van der Waals surface area contributed by atoms with Crippen molar-refractivity contribution in [3.63, 3.8) is 0 Å². The molecule has 0 radical (unpaired) electrons. The molecule has 0 N–H and O–H groups in total. The molecule has 0 unspecified atom stereocenters. The summed E-state index contributed by atoms with van der Waals surface area (Å²) in [6, 6.07) is 166. The Morgan fingerprint density at radius 3 is 1.19 bits per heavy atom. The molecule has 2 aliphatic rings. The number of hydrogen-bond acceptors (Lipinski definition) is 10. The monoisotopic (exact) mass is 1880 g/mol. The van der Waals surface area contributed by atoms with Gasteiger partial charge < -0.3 is 9.47 Å². The van der Waals surface area contributed by atoms with Gasteiger partial charge in [0.1, 0.15) is 0 Å². The van der Waals surface area contributed by atoms with Crippen molar-refractivity contribution in [3.05, 3.63) is 489 Å². The van der Waals surface area contributed by atoms with Gasteiger partial charge in [0.05, 0.1) is 67.3 Å². The molecule has 19 aromatic carbocycles. The first kappa shape index (κ1) is 85.2. The molecule has 0 saturated heterocycles. The molecule has 27 aromatic rings. The average molecular weight is 1880 g/mol. The largest absolute Gasteiger partial charge is 0.310 e. The van der Waals surface area contributed by atoms with Crippen molar-refractivity contribution in [2.75, 3.05) is 4.90 Å². The zero-order valence-corrected chi connectivity index (χ0v) is 80.8. The second-order valence-corrected chi connectivity index (χ2v) is 40.3. The van der Waals surface area contributed by atoms with Gasteiger partial charge in [-0.1, -0.05) is 373 Å². The fourth-order valence-corrected chi connectivity index (χ4v) is 24.6. The summed E-state index contributed by atoms with van der Waals surface area (Å²) in [7, 11) is 0. The summed E-state index contributed by atoms with van der Waals surface area (Å²) in [5.74, 6) is 3.28. The Labute approximate surface area is 839 Å². The van der Waals surface area contributed by atoms with Crippen LogP contribution in [-0.2, 0) is 10.8 Å². The van der Waals surface area contributed by atoms with E-state index in [1.807, 2.05) is 83.3 Å². The molecule has 0 spiro atoms. The minimum atomic E-state index is -0.214. The number of thiophene rings is 2. The van der Waals surface area contributed by atoms with Crippen LogP contribution >= 0.6 is 22.7 Å². The van der Waals surface area contributed by atoms with Gasteiger partial charge in [-0.25, -0.2) is 24.9 Å². The van der Waals surface area contributed by atoms with Gasteiger partial charge in [0.25, 0.3) is 0 Å². The third-order valence-corrected chi connectivity index (χ3v) is 31.5. The number of benzene rings is 19. The maximum atomic E-state index is 5.17. The van der Waals surface area contributed by atoms with Gasteiger partial charge in [-0.2, -0.15) is 9.97 Å². The van der Waals surface area contributed by atoms with E-state index in [1.165, 1.54) is 140 Å². The fraction of sp³-hybridized carbons (Fsp3) is 0.0458. The van der Waals surface area contributed by atoms with Crippen molar-refractivity contribution in [3.8, 4) is 119 Å². The Morgan fingerprint density at radius 2 is 0.611 bits per heavy atom. The zero-order valence-electron chi connectivity index (χ0n) is 79.2. The van der Waals surface area contributed by atoms with Crippen LogP contribution in [0.2, 0.25) is 0 Å². The first-order chi connectivity index (χ1) is 70.9. The van der Waals surface area contributed by atoms with E-state index in [0.717, 1.165) is 95.2 Å². The molecule has 13 heteroatoms. The lowest BCUT2D eigenvalue weighted by molar-refractivity contribution is 0.632. The smallest absolute Gasteiger partial charge is 0.238 e. The first-order valence-corrected chi connectivity index (χ1v) is 50.5. The van der Waals surface area contributed by atoms with Crippen LogP contribution < -0.4 is 4.90 Å². The molecule has 0 fully saturated rings. The molecule has 0 bridgehead atoms. The van der Waals surface area contributed by atoms with Crippen LogP contribution in [0.15, 0.2) is 467 Å². The van der Waals surface area contributed by atoms with Gasteiger partial charge >= 0.3 is 0 Å². The lowest BCUT2D eigenvalue weighted by Crippen LogP contribution is -2.30. The van der Waals surface area contributed by atoms with Gasteiger partial charge in [-0.3, -0.25) is 9.13 Å². The van der Waals surface area contributed by atoms with E-state index < -0.39 is 0 Å². The molecule has 0 amide bonds. The Bertz CT molecular complexity index is 9580. The van der Waals surface area contributed by atoms with Crippen LogP contribution in [0.1, 0.15) is 49.9 Å². The first-order valence-electron chi connectivity index (χ1n) is 48.9. The number of hydrogen-bond donors (Lipinski definition) is 0. The molecule has 11 nitrogen and oxygen atoms in total. The van der Waals surface area contributed by atoms with Crippen LogP contribution in [-0.4, -0.2) is 48.6 Å². The molecule has 0 atom stereocenters. The maximum Gasteiger partial charge on any atom is 0.238 e. The van der Waals surface area contributed by atoms with Crippen molar-refractivity contribution in [2.24, 2.45) is 0 Å². The lowest BCUT2D eigenvalue weighted by atomic mass is 9.73. The minimum Gasteiger partial charge on any atom is -0.310 e. The Kier molecular flexibility index (Phi) is 20.4. The Hall–Kier alpha value is -18.0. The van der Waals surface area contributed by atoms with E-state index in [2.05, 4.69) is 453 Å². The number of nitrogens with zero attached hydrogens (tertiary/aromatic N) is 11. The molecular formula is C131H89N11S2. The molecule has 1 aliphatic heterocycles. The molecule has 144 heavy (non-hydrogen) atoms. The minimum absolute atomic E-state index is 0.194.